The Morgan fingerprint density at radius 3 is 2.64 bits per heavy atom. The summed E-state index contributed by atoms with van der Waals surface area (Å²) >= 11 is 12.8. The van der Waals surface area contributed by atoms with E-state index in [0.29, 0.717) is 51.9 Å². The van der Waals surface area contributed by atoms with Gasteiger partial charge in [0, 0.05) is 47.8 Å². The number of benzodiazepines with no additional fused rings is 1. The van der Waals surface area contributed by atoms with Gasteiger partial charge in [-0.1, -0.05) is 47.5 Å². The Morgan fingerprint density at radius 2 is 1.86 bits per heavy atom. The minimum absolute atomic E-state index is 0.0183. The third-order valence-corrected chi connectivity index (χ3v) is 7.04. The van der Waals surface area contributed by atoms with Crippen molar-refractivity contribution < 1.29 is 9.90 Å². The number of amides is 1. The summed E-state index contributed by atoms with van der Waals surface area (Å²) in [7, 11) is 1.73. The van der Waals surface area contributed by atoms with E-state index in [2.05, 4.69) is 4.98 Å². The Bertz CT molecular complexity index is 1560. The number of H-pyrrole nitrogens is 1. The third-order valence-electron chi connectivity index (χ3n) is 6.44. The number of aryl methyl sites for hydroxylation is 1. The summed E-state index contributed by atoms with van der Waals surface area (Å²) in [4.78, 5) is 35.5. The molecule has 0 radical (unpaired) electrons. The van der Waals surface area contributed by atoms with Gasteiger partial charge in [-0.2, -0.15) is 0 Å². The van der Waals surface area contributed by atoms with Crippen molar-refractivity contribution in [2.24, 2.45) is 4.99 Å². The second kappa shape index (κ2) is 9.93. The number of benzene rings is 3. The number of aliphatic hydroxyl groups excluding tert-OH is 1. The molecule has 2 N–H and O–H groups in total. The van der Waals surface area contributed by atoms with Gasteiger partial charge in [0.15, 0.2) is 0 Å². The number of aromatic amines is 1. The third kappa shape index (κ3) is 4.46. The molecule has 5 rings (SSSR count). The monoisotopic (exact) mass is 522 g/mol. The van der Waals surface area contributed by atoms with Crippen LogP contribution in [0.15, 0.2) is 70.5 Å². The second-order valence-corrected chi connectivity index (χ2v) is 9.58. The molecule has 0 bridgehead atoms. The molecular formula is C27H24Cl2N4O3. The summed E-state index contributed by atoms with van der Waals surface area (Å²) in [5, 5.41) is 10.4. The largest absolute Gasteiger partial charge is 0.396 e. The predicted molar refractivity (Wildman–Crippen MR) is 144 cm³/mol. The van der Waals surface area contributed by atoms with Gasteiger partial charge in [0.1, 0.15) is 6.04 Å². The predicted octanol–water partition coefficient (Wildman–Crippen LogP) is 4.44. The molecule has 1 aliphatic rings. The van der Waals surface area contributed by atoms with Crippen LogP contribution in [0.3, 0.4) is 0 Å². The van der Waals surface area contributed by atoms with Gasteiger partial charge in [-0.25, -0.2) is 4.79 Å². The van der Waals surface area contributed by atoms with E-state index in [9.17, 15) is 14.7 Å². The van der Waals surface area contributed by atoms with Crippen LogP contribution in [0, 0.1) is 0 Å². The summed E-state index contributed by atoms with van der Waals surface area (Å²) in [6.07, 6.45) is 0.789. The fourth-order valence-corrected chi connectivity index (χ4v) is 4.98. The molecule has 1 atom stereocenters. The number of nitrogens with one attached hydrogen (secondary N) is 1. The van der Waals surface area contributed by atoms with Crippen molar-refractivity contribution in [1.82, 2.24) is 9.55 Å². The minimum Gasteiger partial charge on any atom is -0.396 e. The zero-order valence-electron chi connectivity index (χ0n) is 19.5. The van der Waals surface area contributed by atoms with E-state index >= 15 is 0 Å². The van der Waals surface area contributed by atoms with Gasteiger partial charge < -0.3 is 15.0 Å². The van der Waals surface area contributed by atoms with Crippen LogP contribution in [-0.2, 0) is 17.8 Å². The smallest absolute Gasteiger partial charge is 0.326 e. The molecule has 4 aromatic rings. The normalized spacial score (nSPS) is 15.7. The molecule has 1 amide bonds. The number of hydrogen-bond donors (Lipinski definition) is 2. The fraction of sp³-hybridized carbons (Fsp3) is 0.222. The number of rotatable bonds is 6. The number of fused-ring (bicyclic) bond motifs is 2. The SMILES string of the molecule is CN1C(=O)C(Cc2ccccc2Cl)N=C(c2ccc3[nH]c(=O)n(CCCO)c3c2)c2cc(Cl)ccc21. The fourth-order valence-electron chi connectivity index (χ4n) is 4.60. The number of halogens is 2. The Balaban J connectivity index is 1.70. The van der Waals surface area contributed by atoms with Gasteiger partial charge in [-0.3, -0.25) is 14.4 Å². The summed E-state index contributed by atoms with van der Waals surface area (Å²) in [6.45, 7) is 0.361. The molecule has 0 aliphatic carbocycles. The highest BCUT2D eigenvalue weighted by Gasteiger charge is 2.31. The number of aliphatic imine (C=N–C) groups is 1. The van der Waals surface area contributed by atoms with E-state index in [1.807, 2.05) is 42.5 Å². The molecule has 1 aliphatic heterocycles. The number of likely N-dealkylation sites (N-methyl/N-ethyl adjacent to an activating group) is 1. The van der Waals surface area contributed by atoms with Crippen molar-refractivity contribution in [2.45, 2.75) is 25.4 Å². The van der Waals surface area contributed by atoms with Crippen LogP contribution < -0.4 is 10.6 Å². The first kappa shape index (κ1) is 24.3. The lowest BCUT2D eigenvalue weighted by Gasteiger charge is -2.21. The van der Waals surface area contributed by atoms with Crippen LogP contribution in [0.5, 0.6) is 0 Å². The Hall–Kier alpha value is -3.39. The number of aromatic nitrogens is 2. The Labute approximate surface area is 217 Å². The van der Waals surface area contributed by atoms with Gasteiger partial charge in [0.2, 0.25) is 0 Å². The molecule has 2 heterocycles. The standard InChI is InChI=1S/C27H24Cl2N4O3/c1-32-23-10-8-18(28)15-19(23)25(30-22(26(32)35)13-16-5-2-3-6-20(16)29)17-7-9-21-24(14-17)33(11-4-12-34)27(36)31-21/h2-3,5-10,14-15,22,34H,4,11-13H2,1H3,(H,31,36). The van der Waals surface area contributed by atoms with Crippen molar-refractivity contribution in [3.63, 3.8) is 0 Å². The number of carbonyl (C=O) groups excluding carboxylic acids is 1. The molecule has 184 valence electrons. The second-order valence-electron chi connectivity index (χ2n) is 8.74. The lowest BCUT2D eigenvalue weighted by molar-refractivity contribution is -0.119. The highest BCUT2D eigenvalue weighted by molar-refractivity contribution is 6.32. The zero-order valence-corrected chi connectivity index (χ0v) is 21.1. The highest BCUT2D eigenvalue weighted by atomic mass is 35.5. The van der Waals surface area contributed by atoms with E-state index in [0.717, 1.165) is 16.7 Å². The first-order valence-corrected chi connectivity index (χ1v) is 12.4. The molecule has 9 heteroatoms. The van der Waals surface area contributed by atoms with Crippen molar-refractivity contribution in [3.05, 3.63) is 97.9 Å². The molecule has 0 saturated carbocycles. The zero-order chi connectivity index (χ0) is 25.4. The van der Waals surface area contributed by atoms with Gasteiger partial charge in [0.05, 0.1) is 22.4 Å². The Morgan fingerprint density at radius 1 is 1.06 bits per heavy atom. The van der Waals surface area contributed by atoms with E-state index in [1.54, 1.807) is 34.7 Å². The topological polar surface area (TPSA) is 90.7 Å². The van der Waals surface area contributed by atoms with Gasteiger partial charge in [-0.15, -0.1) is 0 Å². The van der Waals surface area contributed by atoms with E-state index in [4.69, 9.17) is 28.2 Å². The van der Waals surface area contributed by atoms with Gasteiger partial charge in [-0.05, 0) is 48.4 Å². The molecule has 7 nitrogen and oxygen atoms in total. The summed E-state index contributed by atoms with van der Waals surface area (Å²) in [5.41, 5.74) is 4.73. The van der Waals surface area contributed by atoms with Crippen molar-refractivity contribution in [2.75, 3.05) is 18.6 Å². The number of anilines is 1. The first-order valence-electron chi connectivity index (χ1n) is 11.6. The molecule has 0 fully saturated rings. The number of nitrogens with zero attached hydrogens (tertiary/aromatic N) is 3. The summed E-state index contributed by atoms with van der Waals surface area (Å²) in [5.74, 6) is -0.156. The van der Waals surface area contributed by atoms with Gasteiger partial charge in [0.25, 0.3) is 5.91 Å². The molecule has 3 aromatic carbocycles. The van der Waals surface area contributed by atoms with Crippen LogP contribution in [-0.4, -0.2) is 46.0 Å². The number of aliphatic hydroxyl groups is 1. The lowest BCUT2D eigenvalue weighted by Crippen LogP contribution is -2.36. The maximum absolute atomic E-state index is 13.5. The number of imidazole rings is 1. The van der Waals surface area contributed by atoms with Crippen LogP contribution in [0.2, 0.25) is 10.0 Å². The summed E-state index contributed by atoms with van der Waals surface area (Å²) < 4.78 is 1.60. The average Bonchev–Trinajstić information content (AvgIpc) is 3.14. The van der Waals surface area contributed by atoms with Crippen molar-refractivity contribution >= 4 is 51.5 Å². The van der Waals surface area contributed by atoms with Crippen LogP contribution in [0.4, 0.5) is 5.69 Å². The number of hydrogen-bond acceptors (Lipinski definition) is 4. The minimum atomic E-state index is -0.713. The average molecular weight is 523 g/mol. The maximum atomic E-state index is 13.5. The Kier molecular flexibility index (Phi) is 6.71. The van der Waals surface area contributed by atoms with Crippen LogP contribution in [0.25, 0.3) is 11.0 Å². The molecular weight excluding hydrogens is 499 g/mol. The van der Waals surface area contributed by atoms with E-state index < -0.39 is 6.04 Å². The quantitative estimate of drug-likeness (QED) is 0.392. The number of carbonyl (C=O) groups is 1. The lowest BCUT2D eigenvalue weighted by atomic mass is 9.99. The van der Waals surface area contributed by atoms with Crippen LogP contribution in [0.1, 0.15) is 23.1 Å². The molecule has 36 heavy (non-hydrogen) atoms. The van der Waals surface area contributed by atoms with Crippen LogP contribution >= 0.6 is 23.2 Å². The highest BCUT2D eigenvalue weighted by Crippen LogP contribution is 2.32. The molecule has 0 saturated heterocycles. The van der Waals surface area contributed by atoms with Gasteiger partial charge >= 0.3 is 5.69 Å². The maximum Gasteiger partial charge on any atom is 0.326 e. The molecule has 1 unspecified atom stereocenters. The van der Waals surface area contributed by atoms with Crippen molar-refractivity contribution in [1.29, 1.82) is 0 Å². The first-order chi connectivity index (χ1) is 17.4. The van der Waals surface area contributed by atoms with Crippen molar-refractivity contribution in [3.8, 4) is 0 Å². The van der Waals surface area contributed by atoms with E-state index in [-0.39, 0.29) is 18.2 Å². The molecule has 1 aromatic heterocycles. The van der Waals surface area contributed by atoms with E-state index in [1.165, 1.54) is 0 Å². The summed E-state index contributed by atoms with van der Waals surface area (Å²) in [6, 6.07) is 17.7. The molecule has 0 spiro atoms.